The molecule has 0 heterocycles. The van der Waals surface area contributed by atoms with Crippen molar-refractivity contribution in [1.29, 1.82) is 0 Å². The fourth-order valence-corrected chi connectivity index (χ4v) is 5.69. The van der Waals surface area contributed by atoms with Crippen molar-refractivity contribution in [3.8, 4) is 11.5 Å². The maximum Gasteiger partial charge on any atom is 0.264 e. The zero-order valence-electron chi connectivity index (χ0n) is 24.5. The summed E-state index contributed by atoms with van der Waals surface area (Å²) < 4.78 is 39.7. The summed E-state index contributed by atoms with van der Waals surface area (Å²) in [7, 11) is -2.67. The summed E-state index contributed by atoms with van der Waals surface area (Å²) >= 11 is 6.01. The van der Waals surface area contributed by atoms with Gasteiger partial charge in [0.2, 0.25) is 11.8 Å². The fourth-order valence-electron chi connectivity index (χ4n) is 4.15. The number of hydrogen-bond acceptors (Lipinski definition) is 6. The minimum Gasteiger partial charge on any atom is -0.497 e. The molecule has 2 amide bonds. The number of amides is 2. The van der Waals surface area contributed by atoms with E-state index < -0.39 is 28.5 Å². The zero-order chi connectivity index (χ0) is 30.9. The number of carbonyl (C=O) groups excluding carboxylic acids is 2. The Kier molecular flexibility index (Phi) is 11.6. The largest absolute Gasteiger partial charge is 0.497 e. The number of rotatable bonds is 14. The Morgan fingerprint density at radius 2 is 1.62 bits per heavy atom. The number of benzene rings is 3. The van der Waals surface area contributed by atoms with Crippen LogP contribution in [0.15, 0.2) is 77.7 Å². The predicted octanol–water partition coefficient (Wildman–Crippen LogP) is 5.27. The van der Waals surface area contributed by atoms with Gasteiger partial charge in [0, 0.05) is 17.6 Å². The predicted molar refractivity (Wildman–Crippen MR) is 164 cm³/mol. The lowest BCUT2D eigenvalue weighted by Crippen LogP contribution is -2.52. The van der Waals surface area contributed by atoms with E-state index in [1.165, 1.54) is 29.2 Å². The van der Waals surface area contributed by atoms with Gasteiger partial charge in [0.15, 0.2) is 0 Å². The van der Waals surface area contributed by atoms with Crippen LogP contribution in [0.4, 0.5) is 5.69 Å². The standard InChI is InChI=1S/C31H38ClN3O6S/c1-6-22(3)33-31(37)23(4)34(20-24-9-8-10-28(19-24)40-5)30(36)21-35(26-13-15-27(16-14-26)41-7-2)42(38,39)29-17-11-25(32)12-18-29/h8-19,22-23H,6-7,20-21H2,1-5H3,(H,33,37)/t22-,23-/m1/s1. The van der Waals surface area contributed by atoms with Crippen LogP contribution in [0.2, 0.25) is 5.02 Å². The van der Waals surface area contributed by atoms with E-state index >= 15 is 0 Å². The molecule has 0 radical (unpaired) electrons. The summed E-state index contributed by atoms with van der Waals surface area (Å²) in [6.45, 7) is 7.26. The molecular formula is C31H38ClN3O6S. The minimum absolute atomic E-state index is 0.0320. The van der Waals surface area contributed by atoms with Crippen LogP contribution in [0.1, 0.15) is 39.7 Å². The van der Waals surface area contributed by atoms with Gasteiger partial charge in [0.05, 0.1) is 24.3 Å². The SMILES string of the molecule is CCOc1ccc(N(CC(=O)N(Cc2cccc(OC)c2)[C@H](C)C(=O)N[C@H](C)CC)S(=O)(=O)c2ccc(Cl)cc2)cc1. The third kappa shape index (κ3) is 8.39. The summed E-state index contributed by atoms with van der Waals surface area (Å²) in [5.41, 5.74) is 0.985. The lowest BCUT2D eigenvalue weighted by atomic mass is 10.1. The molecule has 226 valence electrons. The van der Waals surface area contributed by atoms with Gasteiger partial charge in [0.1, 0.15) is 24.1 Å². The van der Waals surface area contributed by atoms with Gasteiger partial charge in [0.25, 0.3) is 10.0 Å². The third-order valence-electron chi connectivity index (χ3n) is 6.77. The van der Waals surface area contributed by atoms with Gasteiger partial charge in [-0.25, -0.2) is 8.42 Å². The van der Waals surface area contributed by atoms with Crippen molar-refractivity contribution in [2.75, 3.05) is 24.6 Å². The zero-order valence-corrected chi connectivity index (χ0v) is 26.1. The molecule has 11 heteroatoms. The number of ether oxygens (including phenoxy) is 2. The van der Waals surface area contributed by atoms with Crippen molar-refractivity contribution < 1.29 is 27.5 Å². The highest BCUT2D eigenvalue weighted by Crippen LogP contribution is 2.27. The van der Waals surface area contributed by atoms with Crippen molar-refractivity contribution in [3.05, 3.63) is 83.4 Å². The molecular weight excluding hydrogens is 578 g/mol. The van der Waals surface area contributed by atoms with Crippen molar-refractivity contribution in [1.82, 2.24) is 10.2 Å². The maximum atomic E-state index is 14.1. The van der Waals surface area contributed by atoms with Gasteiger partial charge < -0.3 is 19.7 Å². The Morgan fingerprint density at radius 3 is 2.21 bits per heavy atom. The first kappa shape index (κ1) is 32.8. The molecule has 0 aliphatic heterocycles. The van der Waals surface area contributed by atoms with Crippen LogP contribution >= 0.6 is 11.6 Å². The molecule has 42 heavy (non-hydrogen) atoms. The number of nitrogens with zero attached hydrogens (tertiary/aromatic N) is 2. The highest BCUT2D eigenvalue weighted by molar-refractivity contribution is 7.92. The topological polar surface area (TPSA) is 105 Å². The molecule has 0 aliphatic rings. The van der Waals surface area contributed by atoms with Gasteiger partial charge in [-0.3, -0.25) is 13.9 Å². The molecule has 0 fully saturated rings. The molecule has 9 nitrogen and oxygen atoms in total. The van der Waals surface area contributed by atoms with Crippen LogP contribution in [-0.2, 0) is 26.2 Å². The van der Waals surface area contributed by atoms with Gasteiger partial charge in [-0.05, 0) is 93.4 Å². The Bertz CT molecular complexity index is 1450. The number of sulfonamides is 1. The van der Waals surface area contributed by atoms with E-state index in [9.17, 15) is 18.0 Å². The minimum atomic E-state index is -4.21. The number of hydrogen-bond donors (Lipinski definition) is 1. The van der Waals surface area contributed by atoms with Crippen molar-refractivity contribution in [3.63, 3.8) is 0 Å². The normalized spacial score (nSPS) is 12.6. The Morgan fingerprint density at radius 1 is 0.952 bits per heavy atom. The van der Waals surface area contributed by atoms with E-state index in [1.807, 2.05) is 26.8 Å². The lowest BCUT2D eigenvalue weighted by Gasteiger charge is -2.32. The average molecular weight is 616 g/mol. The van der Waals surface area contributed by atoms with Crippen LogP contribution in [0.3, 0.4) is 0 Å². The summed E-state index contributed by atoms with van der Waals surface area (Å²) in [4.78, 5) is 28.6. The molecule has 0 saturated carbocycles. The summed E-state index contributed by atoms with van der Waals surface area (Å²) in [5.74, 6) is 0.258. The molecule has 0 aromatic heterocycles. The Hall–Kier alpha value is -3.76. The number of anilines is 1. The van der Waals surface area contributed by atoms with Gasteiger partial charge in [-0.1, -0.05) is 30.7 Å². The molecule has 3 aromatic carbocycles. The maximum absolute atomic E-state index is 14.1. The lowest BCUT2D eigenvalue weighted by molar-refractivity contribution is -0.139. The third-order valence-corrected chi connectivity index (χ3v) is 8.81. The van der Waals surface area contributed by atoms with E-state index in [0.717, 1.165) is 9.87 Å². The van der Waals surface area contributed by atoms with Crippen LogP contribution in [0.5, 0.6) is 11.5 Å². The van der Waals surface area contributed by atoms with E-state index in [0.29, 0.717) is 29.5 Å². The first-order valence-electron chi connectivity index (χ1n) is 13.7. The molecule has 2 atom stereocenters. The van der Waals surface area contributed by atoms with Gasteiger partial charge in [-0.15, -0.1) is 0 Å². The first-order chi connectivity index (χ1) is 20.0. The Balaban J connectivity index is 2.04. The highest BCUT2D eigenvalue weighted by Gasteiger charge is 2.33. The van der Waals surface area contributed by atoms with Crippen LogP contribution in [0, 0.1) is 0 Å². The van der Waals surface area contributed by atoms with Crippen LogP contribution in [0.25, 0.3) is 0 Å². The molecule has 3 rings (SSSR count). The Labute approximate surface area is 253 Å². The number of nitrogens with one attached hydrogen (secondary N) is 1. The molecule has 0 aliphatic carbocycles. The quantitative estimate of drug-likeness (QED) is 0.265. The van der Waals surface area contributed by atoms with Gasteiger partial charge >= 0.3 is 0 Å². The van der Waals surface area contributed by atoms with Crippen molar-refractivity contribution in [2.24, 2.45) is 0 Å². The number of methoxy groups -OCH3 is 1. The van der Waals surface area contributed by atoms with E-state index in [2.05, 4.69) is 5.32 Å². The molecule has 0 unspecified atom stereocenters. The highest BCUT2D eigenvalue weighted by atomic mass is 35.5. The van der Waals surface area contributed by atoms with Crippen molar-refractivity contribution >= 4 is 39.1 Å². The second kappa shape index (κ2) is 14.9. The van der Waals surface area contributed by atoms with Crippen LogP contribution in [-0.4, -0.2) is 57.5 Å². The smallest absolute Gasteiger partial charge is 0.264 e. The molecule has 0 saturated heterocycles. The molecule has 3 aromatic rings. The van der Waals surface area contributed by atoms with Crippen molar-refractivity contribution in [2.45, 2.75) is 57.6 Å². The first-order valence-corrected chi connectivity index (χ1v) is 15.6. The number of halogens is 1. The number of carbonyl (C=O) groups is 2. The summed E-state index contributed by atoms with van der Waals surface area (Å²) in [6, 6.07) is 18.3. The van der Waals surface area contributed by atoms with E-state index in [-0.39, 0.29) is 29.1 Å². The van der Waals surface area contributed by atoms with Crippen LogP contribution < -0.4 is 19.1 Å². The summed E-state index contributed by atoms with van der Waals surface area (Å²) in [5, 5.41) is 3.30. The van der Waals surface area contributed by atoms with Gasteiger partial charge in [-0.2, -0.15) is 0 Å². The molecule has 1 N–H and O–H groups in total. The average Bonchev–Trinajstić information content (AvgIpc) is 2.99. The second-order valence-electron chi connectivity index (χ2n) is 9.76. The molecule has 0 spiro atoms. The summed E-state index contributed by atoms with van der Waals surface area (Å²) in [6.07, 6.45) is 0.715. The van der Waals surface area contributed by atoms with E-state index in [4.69, 9.17) is 21.1 Å². The monoisotopic (exact) mass is 615 g/mol. The second-order valence-corrected chi connectivity index (χ2v) is 12.1. The molecule has 0 bridgehead atoms. The van der Waals surface area contributed by atoms with E-state index in [1.54, 1.807) is 56.5 Å². The fraction of sp³-hybridized carbons (Fsp3) is 0.355.